The van der Waals surface area contributed by atoms with Crippen molar-refractivity contribution in [3.05, 3.63) is 23.8 Å². The van der Waals surface area contributed by atoms with E-state index in [-0.39, 0.29) is 18.1 Å². The summed E-state index contributed by atoms with van der Waals surface area (Å²) in [5.74, 6) is 1.37. The molecular weight excluding hydrogens is 316 g/mol. The standard InChI is InChI=1S/C20H28N2O3/c1-24-19-10-13(6-9-18(19)25-17-4-2-3-5-17)20(23)22-16-11-14-7-8-15(12-16)21-14/h6,9-10,14-17,21H,2-5,7-8,11-12H2,1H3,(H,22,23). The van der Waals surface area contributed by atoms with E-state index >= 15 is 0 Å². The summed E-state index contributed by atoms with van der Waals surface area (Å²) in [6.45, 7) is 0. The van der Waals surface area contributed by atoms with E-state index in [1.807, 2.05) is 12.1 Å². The molecule has 0 radical (unpaired) electrons. The fourth-order valence-electron chi connectivity index (χ4n) is 4.54. The highest BCUT2D eigenvalue weighted by Crippen LogP contribution is 2.32. The molecule has 3 fully saturated rings. The first-order valence-corrected chi connectivity index (χ1v) is 9.63. The highest BCUT2D eigenvalue weighted by molar-refractivity contribution is 5.95. The summed E-state index contributed by atoms with van der Waals surface area (Å²) in [4.78, 5) is 12.6. The van der Waals surface area contributed by atoms with Crippen LogP contribution in [0.2, 0.25) is 0 Å². The highest BCUT2D eigenvalue weighted by atomic mass is 16.5. The molecule has 3 aliphatic rings. The summed E-state index contributed by atoms with van der Waals surface area (Å²) < 4.78 is 11.5. The minimum Gasteiger partial charge on any atom is -0.493 e. The number of ether oxygens (including phenoxy) is 2. The van der Waals surface area contributed by atoms with Crippen molar-refractivity contribution in [3.8, 4) is 11.5 Å². The van der Waals surface area contributed by atoms with Crippen molar-refractivity contribution in [2.75, 3.05) is 7.11 Å². The van der Waals surface area contributed by atoms with Crippen LogP contribution in [0.4, 0.5) is 0 Å². The molecule has 0 aromatic heterocycles. The zero-order valence-corrected chi connectivity index (χ0v) is 14.9. The minimum absolute atomic E-state index is 0.0167. The molecule has 5 heteroatoms. The molecular formula is C20H28N2O3. The molecule has 1 amide bonds. The maximum absolute atomic E-state index is 12.6. The lowest BCUT2D eigenvalue weighted by atomic mass is 9.99. The molecule has 2 heterocycles. The van der Waals surface area contributed by atoms with E-state index in [0.29, 0.717) is 23.4 Å². The predicted molar refractivity (Wildman–Crippen MR) is 96.3 cm³/mol. The number of carbonyl (C=O) groups is 1. The maximum Gasteiger partial charge on any atom is 0.251 e. The van der Waals surface area contributed by atoms with Crippen LogP contribution in [0.1, 0.15) is 61.7 Å². The molecule has 1 saturated carbocycles. The van der Waals surface area contributed by atoms with Gasteiger partial charge in [-0.15, -0.1) is 0 Å². The molecule has 1 aromatic rings. The summed E-state index contributed by atoms with van der Waals surface area (Å²) in [5.41, 5.74) is 0.640. The highest BCUT2D eigenvalue weighted by Gasteiger charge is 2.34. The van der Waals surface area contributed by atoms with E-state index in [1.165, 1.54) is 25.7 Å². The number of benzene rings is 1. The Hall–Kier alpha value is -1.75. The second-order valence-electron chi connectivity index (χ2n) is 7.67. The van der Waals surface area contributed by atoms with Crippen LogP contribution in [0.25, 0.3) is 0 Å². The molecule has 5 nitrogen and oxygen atoms in total. The number of fused-ring (bicyclic) bond motifs is 2. The molecule has 2 atom stereocenters. The molecule has 2 saturated heterocycles. The SMILES string of the molecule is COc1cc(C(=O)NC2CC3CCC(C2)N3)ccc1OC1CCCC1. The molecule has 1 aromatic carbocycles. The first-order valence-electron chi connectivity index (χ1n) is 9.63. The van der Waals surface area contributed by atoms with Gasteiger partial charge < -0.3 is 20.1 Å². The van der Waals surface area contributed by atoms with Crippen LogP contribution < -0.4 is 20.1 Å². The average molecular weight is 344 g/mol. The lowest BCUT2D eigenvalue weighted by Gasteiger charge is -2.29. The smallest absolute Gasteiger partial charge is 0.251 e. The Labute approximate surface area is 149 Å². The van der Waals surface area contributed by atoms with E-state index in [0.717, 1.165) is 31.4 Å². The van der Waals surface area contributed by atoms with Crippen LogP contribution >= 0.6 is 0 Å². The Morgan fingerprint density at radius 1 is 1.08 bits per heavy atom. The van der Waals surface area contributed by atoms with Gasteiger partial charge in [-0.25, -0.2) is 0 Å². The molecule has 2 unspecified atom stereocenters. The van der Waals surface area contributed by atoms with Crippen LogP contribution in [0.3, 0.4) is 0 Å². The maximum atomic E-state index is 12.6. The van der Waals surface area contributed by atoms with Crippen molar-refractivity contribution >= 4 is 5.91 Å². The van der Waals surface area contributed by atoms with Crippen LogP contribution in [-0.2, 0) is 0 Å². The van der Waals surface area contributed by atoms with Gasteiger partial charge in [0.1, 0.15) is 0 Å². The Morgan fingerprint density at radius 3 is 2.48 bits per heavy atom. The monoisotopic (exact) mass is 344 g/mol. The van der Waals surface area contributed by atoms with Crippen molar-refractivity contribution < 1.29 is 14.3 Å². The predicted octanol–water partition coefficient (Wildman–Crippen LogP) is 3.03. The van der Waals surface area contributed by atoms with Gasteiger partial charge in [0.25, 0.3) is 5.91 Å². The van der Waals surface area contributed by atoms with Gasteiger partial charge in [-0.05, 0) is 69.6 Å². The van der Waals surface area contributed by atoms with Crippen molar-refractivity contribution in [2.24, 2.45) is 0 Å². The van der Waals surface area contributed by atoms with Gasteiger partial charge in [-0.1, -0.05) is 0 Å². The lowest BCUT2D eigenvalue weighted by Crippen LogP contribution is -2.48. The summed E-state index contributed by atoms with van der Waals surface area (Å²) >= 11 is 0. The first-order chi connectivity index (χ1) is 12.2. The third-order valence-corrected chi connectivity index (χ3v) is 5.83. The van der Waals surface area contributed by atoms with Gasteiger partial charge >= 0.3 is 0 Å². The molecule has 136 valence electrons. The topological polar surface area (TPSA) is 59.6 Å². The second-order valence-corrected chi connectivity index (χ2v) is 7.67. The molecule has 25 heavy (non-hydrogen) atoms. The van der Waals surface area contributed by atoms with Crippen LogP contribution in [0, 0.1) is 0 Å². The average Bonchev–Trinajstić information content (AvgIpc) is 3.24. The largest absolute Gasteiger partial charge is 0.493 e. The lowest BCUT2D eigenvalue weighted by molar-refractivity contribution is 0.0923. The van der Waals surface area contributed by atoms with Gasteiger partial charge in [0.15, 0.2) is 11.5 Å². The third-order valence-electron chi connectivity index (χ3n) is 5.83. The minimum atomic E-state index is -0.0167. The van der Waals surface area contributed by atoms with Crippen LogP contribution in [0.5, 0.6) is 11.5 Å². The summed E-state index contributed by atoms with van der Waals surface area (Å²) in [6, 6.07) is 6.93. The quantitative estimate of drug-likeness (QED) is 0.862. The number of amides is 1. The Bertz CT molecular complexity index is 615. The number of rotatable bonds is 5. The summed E-state index contributed by atoms with van der Waals surface area (Å²) in [7, 11) is 1.63. The van der Waals surface area contributed by atoms with Crippen molar-refractivity contribution in [1.82, 2.24) is 10.6 Å². The number of nitrogens with one attached hydrogen (secondary N) is 2. The molecule has 2 N–H and O–H groups in total. The Kier molecular flexibility index (Phi) is 4.84. The van der Waals surface area contributed by atoms with E-state index in [9.17, 15) is 4.79 Å². The molecule has 1 aliphatic carbocycles. The van der Waals surface area contributed by atoms with Gasteiger partial charge in [0, 0.05) is 23.7 Å². The van der Waals surface area contributed by atoms with Gasteiger partial charge in [0.2, 0.25) is 0 Å². The molecule has 2 aliphatic heterocycles. The van der Waals surface area contributed by atoms with E-state index in [2.05, 4.69) is 10.6 Å². The molecule has 0 spiro atoms. The summed E-state index contributed by atoms with van der Waals surface area (Å²) in [6.07, 6.45) is 9.46. The summed E-state index contributed by atoms with van der Waals surface area (Å²) in [5, 5.41) is 6.81. The number of piperidine rings is 1. The number of carbonyl (C=O) groups excluding carboxylic acids is 1. The zero-order chi connectivity index (χ0) is 17.2. The van der Waals surface area contributed by atoms with Gasteiger partial charge in [-0.3, -0.25) is 4.79 Å². The fraction of sp³-hybridized carbons (Fsp3) is 0.650. The zero-order valence-electron chi connectivity index (χ0n) is 14.9. The van der Waals surface area contributed by atoms with Crippen molar-refractivity contribution in [1.29, 1.82) is 0 Å². The Balaban J connectivity index is 1.41. The Morgan fingerprint density at radius 2 is 1.80 bits per heavy atom. The van der Waals surface area contributed by atoms with Crippen LogP contribution in [0.15, 0.2) is 18.2 Å². The van der Waals surface area contributed by atoms with Crippen LogP contribution in [-0.4, -0.2) is 37.2 Å². The molecule has 4 rings (SSSR count). The number of hydrogen-bond donors (Lipinski definition) is 2. The number of hydrogen-bond acceptors (Lipinski definition) is 4. The second kappa shape index (κ2) is 7.24. The number of methoxy groups -OCH3 is 1. The van der Waals surface area contributed by atoms with E-state index in [4.69, 9.17) is 9.47 Å². The normalized spacial score (nSPS) is 28.8. The van der Waals surface area contributed by atoms with E-state index in [1.54, 1.807) is 13.2 Å². The van der Waals surface area contributed by atoms with Gasteiger partial charge in [-0.2, -0.15) is 0 Å². The first kappa shape index (κ1) is 16.7. The van der Waals surface area contributed by atoms with Crippen molar-refractivity contribution in [3.63, 3.8) is 0 Å². The fourth-order valence-corrected chi connectivity index (χ4v) is 4.54. The molecule has 2 bridgehead atoms. The third kappa shape index (κ3) is 3.76. The van der Waals surface area contributed by atoms with Crippen molar-refractivity contribution in [2.45, 2.75) is 75.6 Å². The van der Waals surface area contributed by atoms with E-state index < -0.39 is 0 Å². The van der Waals surface area contributed by atoms with Gasteiger partial charge in [0.05, 0.1) is 13.2 Å².